The summed E-state index contributed by atoms with van der Waals surface area (Å²) in [7, 11) is 0. The first-order chi connectivity index (χ1) is 22.6. The second-order valence-corrected chi connectivity index (χ2v) is 15.0. The Hall–Kier alpha value is -3.14. The van der Waals surface area contributed by atoms with Crippen LogP contribution in [0.2, 0.25) is 0 Å². The number of aryl methyl sites for hydroxylation is 2. The van der Waals surface area contributed by atoms with E-state index in [0.717, 1.165) is 21.8 Å². The van der Waals surface area contributed by atoms with E-state index in [2.05, 4.69) is 154 Å². The van der Waals surface area contributed by atoms with Gasteiger partial charge in [-0.2, -0.15) is 0 Å². The van der Waals surface area contributed by atoms with Crippen molar-refractivity contribution in [3.63, 3.8) is 0 Å². The van der Waals surface area contributed by atoms with Crippen LogP contribution in [-0.4, -0.2) is 0 Å². The lowest BCUT2D eigenvalue weighted by atomic mass is 9.64. The van der Waals surface area contributed by atoms with Crippen molar-refractivity contribution in [3.8, 4) is 11.1 Å². The predicted molar refractivity (Wildman–Crippen MR) is 203 cm³/mol. The van der Waals surface area contributed by atoms with Crippen molar-refractivity contribution in [1.82, 2.24) is 0 Å². The van der Waals surface area contributed by atoms with Gasteiger partial charge in [-0.3, -0.25) is 0 Å². The highest BCUT2D eigenvalue weighted by atomic mass is 79.9. The second-order valence-electron chi connectivity index (χ2n) is 13.1. The molecule has 0 saturated heterocycles. The Kier molecular flexibility index (Phi) is 9.26. The van der Waals surface area contributed by atoms with Crippen molar-refractivity contribution in [1.29, 1.82) is 0 Å². The van der Waals surface area contributed by atoms with Gasteiger partial charge in [0.05, 0.1) is 16.8 Å². The third-order valence-corrected chi connectivity index (χ3v) is 11.1. The summed E-state index contributed by atoms with van der Waals surface area (Å²) in [5, 5.41) is 0. The fourth-order valence-electron chi connectivity index (χ4n) is 8.05. The quantitative estimate of drug-likeness (QED) is 0.120. The maximum Gasteiger partial charge on any atom is 0.0755 e. The van der Waals surface area contributed by atoms with Gasteiger partial charge in [-0.05, 0) is 119 Å². The van der Waals surface area contributed by atoms with Gasteiger partial charge < -0.3 is 4.90 Å². The van der Waals surface area contributed by atoms with Crippen LogP contribution >= 0.6 is 31.9 Å². The summed E-state index contributed by atoms with van der Waals surface area (Å²) in [5.74, 6) is 0. The Morgan fingerprint density at radius 2 is 0.978 bits per heavy atom. The maximum atomic E-state index is 3.86. The van der Waals surface area contributed by atoms with Gasteiger partial charge in [0.25, 0.3) is 0 Å². The summed E-state index contributed by atoms with van der Waals surface area (Å²) in [6, 6.07) is 39.5. The van der Waals surface area contributed by atoms with Crippen LogP contribution in [0.25, 0.3) is 11.1 Å². The number of para-hydroxylation sites is 2. The van der Waals surface area contributed by atoms with Gasteiger partial charge >= 0.3 is 0 Å². The molecule has 1 spiro atoms. The van der Waals surface area contributed by atoms with E-state index in [9.17, 15) is 0 Å². The zero-order valence-electron chi connectivity index (χ0n) is 27.1. The average Bonchev–Trinajstić information content (AvgIpc) is 3.34. The molecule has 0 saturated carbocycles. The van der Waals surface area contributed by atoms with Crippen LogP contribution in [0.5, 0.6) is 0 Å². The van der Waals surface area contributed by atoms with Crippen LogP contribution in [0.15, 0.2) is 112 Å². The van der Waals surface area contributed by atoms with Gasteiger partial charge in [0.2, 0.25) is 0 Å². The number of hydrogen-bond acceptors (Lipinski definition) is 1. The maximum absolute atomic E-state index is 3.86. The Labute approximate surface area is 292 Å². The number of rotatable bonds is 11. The molecule has 0 atom stereocenters. The lowest BCUT2D eigenvalue weighted by Gasteiger charge is -2.45. The number of anilines is 3. The van der Waals surface area contributed by atoms with E-state index < -0.39 is 5.41 Å². The highest BCUT2D eigenvalue weighted by Crippen LogP contribution is 2.63. The van der Waals surface area contributed by atoms with Crippen molar-refractivity contribution in [3.05, 3.63) is 145 Å². The summed E-state index contributed by atoms with van der Waals surface area (Å²) < 4.78 is 2.22. The molecule has 0 radical (unpaired) electrons. The van der Waals surface area contributed by atoms with E-state index in [-0.39, 0.29) is 0 Å². The van der Waals surface area contributed by atoms with Crippen LogP contribution in [0.4, 0.5) is 17.1 Å². The molecule has 234 valence electrons. The van der Waals surface area contributed by atoms with Gasteiger partial charge in [0.1, 0.15) is 0 Å². The van der Waals surface area contributed by atoms with E-state index in [4.69, 9.17) is 0 Å². The highest BCUT2D eigenvalue weighted by molar-refractivity contribution is 9.10. The monoisotopic (exact) mass is 731 g/mol. The number of nitrogens with zero attached hydrogens (tertiary/aromatic N) is 1. The summed E-state index contributed by atoms with van der Waals surface area (Å²) in [6.45, 7) is 4.59. The molecule has 1 nitrogen and oxygen atoms in total. The molecule has 0 unspecified atom stereocenters. The Morgan fingerprint density at radius 1 is 0.500 bits per heavy atom. The normalized spacial score (nSPS) is 13.8. The zero-order chi connectivity index (χ0) is 31.7. The molecular weight excluding hydrogens is 690 g/mol. The SMILES string of the molecule is CCCCCCc1cc(CCCCCC)cc(N2c3ccccc3C3(c4cc(Br)ccc4-c4ccc(Br)cc43)c3ccccc32)c1. The minimum atomic E-state index is -0.428. The molecule has 7 rings (SSSR count). The lowest BCUT2D eigenvalue weighted by molar-refractivity contribution is 0.661. The largest absolute Gasteiger partial charge is 0.310 e. The van der Waals surface area contributed by atoms with E-state index in [1.807, 2.05) is 0 Å². The van der Waals surface area contributed by atoms with E-state index in [1.165, 1.54) is 113 Å². The van der Waals surface area contributed by atoms with Crippen LogP contribution < -0.4 is 4.90 Å². The van der Waals surface area contributed by atoms with Gasteiger partial charge in [0.15, 0.2) is 0 Å². The van der Waals surface area contributed by atoms with E-state index in [1.54, 1.807) is 0 Å². The molecule has 1 heterocycles. The van der Waals surface area contributed by atoms with Crippen molar-refractivity contribution < 1.29 is 0 Å². The zero-order valence-corrected chi connectivity index (χ0v) is 30.3. The summed E-state index contributed by atoms with van der Waals surface area (Å²) >= 11 is 7.72. The fourth-order valence-corrected chi connectivity index (χ4v) is 8.77. The molecule has 5 aromatic rings. The van der Waals surface area contributed by atoms with Crippen molar-refractivity contribution >= 4 is 48.9 Å². The lowest BCUT2D eigenvalue weighted by Crippen LogP contribution is -2.36. The number of halogens is 2. The Bertz CT molecular complexity index is 1740. The first-order valence-electron chi connectivity index (χ1n) is 17.3. The van der Waals surface area contributed by atoms with Crippen LogP contribution in [0, 0.1) is 0 Å². The third-order valence-electron chi connectivity index (χ3n) is 10.1. The van der Waals surface area contributed by atoms with Gasteiger partial charge in [-0.1, -0.05) is 139 Å². The fraction of sp³-hybridized carbons (Fsp3) is 0.302. The number of unbranched alkanes of at least 4 members (excludes halogenated alkanes) is 6. The molecule has 2 aliphatic rings. The minimum absolute atomic E-state index is 0.428. The molecule has 1 aliphatic carbocycles. The van der Waals surface area contributed by atoms with E-state index >= 15 is 0 Å². The molecule has 3 heteroatoms. The first-order valence-corrected chi connectivity index (χ1v) is 18.9. The van der Waals surface area contributed by atoms with Gasteiger partial charge in [0, 0.05) is 14.6 Å². The summed E-state index contributed by atoms with van der Waals surface area (Å²) in [4.78, 5) is 2.56. The molecule has 0 aromatic heterocycles. The van der Waals surface area contributed by atoms with Crippen LogP contribution in [0.3, 0.4) is 0 Å². The standard InChI is InChI=1S/C43H43Br2N/c1-3-5-7-9-15-30-25-31(16-10-8-6-4-2)27-34(26-30)46-41-19-13-11-17-37(41)43(38-18-12-14-20-42(38)46)39-28-32(44)21-23-35(39)36-24-22-33(45)29-40(36)43/h11-14,17-29H,3-10,15-16H2,1-2H3. The summed E-state index contributed by atoms with van der Waals surface area (Å²) in [5.41, 5.74) is 14.3. The summed E-state index contributed by atoms with van der Waals surface area (Å²) in [6.07, 6.45) is 12.5. The molecule has 5 aromatic carbocycles. The molecule has 0 amide bonds. The molecule has 0 N–H and O–H groups in total. The number of hydrogen-bond donors (Lipinski definition) is 0. The van der Waals surface area contributed by atoms with Crippen LogP contribution in [-0.2, 0) is 18.3 Å². The molecule has 1 aliphatic heterocycles. The first kappa shape index (κ1) is 31.5. The van der Waals surface area contributed by atoms with Gasteiger partial charge in [-0.15, -0.1) is 0 Å². The minimum Gasteiger partial charge on any atom is -0.310 e. The van der Waals surface area contributed by atoms with E-state index in [0.29, 0.717) is 0 Å². The number of fused-ring (bicyclic) bond motifs is 9. The Balaban J connectivity index is 1.44. The molecular formula is C43H43Br2N. The van der Waals surface area contributed by atoms with Gasteiger partial charge in [-0.25, -0.2) is 0 Å². The number of benzene rings is 5. The van der Waals surface area contributed by atoms with Crippen LogP contribution in [0.1, 0.15) is 98.6 Å². The smallest absolute Gasteiger partial charge is 0.0755 e. The molecule has 0 fully saturated rings. The average molecular weight is 734 g/mol. The van der Waals surface area contributed by atoms with Crippen molar-refractivity contribution in [2.24, 2.45) is 0 Å². The second kappa shape index (κ2) is 13.5. The topological polar surface area (TPSA) is 3.24 Å². The molecule has 46 heavy (non-hydrogen) atoms. The predicted octanol–water partition coefficient (Wildman–Crippen LogP) is 13.6. The van der Waals surface area contributed by atoms with Crippen molar-refractivity contribution in [2.45, 2.75) is 83.5 Å². The highest BCUT2D eigenvalue weighted by Gasteiger charge is 2.51. The Morgan fingerprint density at radius 3 is 1.46 bits per heavy atom. The van der Waals surface area contributed by atoms with Crippen molar-refractivity contribution in [2.75, 3.05) is 4.90 Å². The third kappa shape index (κ3) is 5.48. The molecule has 0 bridgehead atoms.